The van der Waals surface area contributed by atoms with Crippen LogP contribution in [0.4, 0.5) is 30.2 Å². The second-order valence-electron chi connectivity index (χ2n) is 11.5. The number of nitriles is 2. The Bertz CT molecular complexity index is 1460. The van der Waals surface area contributed by atoms with Gasteiger partial charge in [-0.2, -0.15) is 10.5 Å². The number of fused-ring (bicyclic) bond motifs is 2. The van der Waals surface area contributed by atoms with Crippen LogP contribution < -0.4 is 26.0 Å². The fourth-order valence-electron chi connectivity index (χ4n) is 5.37. The van der Waals surface area contributed by atoms with Crippen molar-refractivity contribution in [3.8, 4) is 12.1 Å². The summed E-state index contributed by atoms with van der Waals surface area (Å²) in [4.78, 5) is 25.6. The second kappa shape index (κ2) is 12.6. The van der Waals surface area contributed by atoms with E-state index >= 15 is 0 Å². The van der Waals surface area contributed by atoms with Gasteiger partial charge in [-0.15, -0.1) is 11.3 Å². The summed E-state index contributed by atoms with van der Waals surface area (Å²) in [5.74, 6) is -2.83. The number of thioether (sulfide) groups is 1. The van der Waals surface area contributed by atoms with Gasteiger partial charge in [0.25, 0.3) is 5.92 Å². The van der Waals surface area contributed by atoms with Crippen molar-refractivity contribution in [1.29, 1.82) is 10.5 Å². The molecule has 1 atom stereocenters. The van der Waals surface area contributed by atoms with Crippen LogP contribution in [0.15, 0.2) is 5.16 Å². The highest BCUT2D eigenvalue weighted by Gasteiger charge is 2.52. The van der Waals surface area contributed by atoms with E-state index in [-0.39, 0.29) is 16.8 Å². The second-order valence-corrected chi connectivity index (χ2v) is 14.0. The molecule has 3 heterocycles. The number of halogens is 3. The van der Waals surface area contributed by atoms with E-state index in [1.807, 2.05) is 4.90 Å². The maximum absolute atomic E-state index is 14.8. The molecule has 11 nitrogen and oxygen atoms in total. The molecule has 0 aromatic carbocycles. The van der Waals surface area contributed by atoms with Gasteiger partial charge in [-0.25, -0.2) is 23.5 Å². The normalized spacial score (nSPS) is 16.2. The highest BCUT2D eigenvalue weighted by Crippen LogP contribution is 2.53. The van der Waals surface area contributed by atoms with Gasteiger partial charge in [-0.3, -0.25) is 16.2 Å². The molecule has 1 unspecified atom stereocenters. The third kappa shape index (κ3) is 6.91. The molecule has 232 valence electrons. The van der Waals surface area contributed by atoms with Crippen LogP contribution >= 0.6 is 34.7 Å². The molecular weight excluding hydrogens is 620 g/mol. The third-order valence-corrected chi connectivity index (χ3v) is 9.07. The van der Waals surface area contributed by atoms with E-state index in [1.165, 1.54) is 35.0 Å². The van der Waals surface area contributed by atoms with Crippen molar-refractivity contribution in [3.63, 3.8) is 0 Å². The Morgan fingerprint density at radius 3 is 2.51 bits per heavy atom. The predicted octanol–water partition coefficient (Wildman–Crippen LogP) is 4.81. The van der Waals surface area contributed by atoms with Crippen molar-refractivity contribution >= 4 is 57.4 Å². The molecule has 4 rings (SSSR count). The minimum Gasteiger partial charge on any atom is -0.444 e. The minimum absolute atomic E-state index is 0.0358. The molecule has 1 fully saturated rings. The highest BCUT2D eigenvalue weighted by molar-refractivity contribution is 7.98. The summed E-state index contributed by atoms with van der Waals surface area (Å²) in [6, 6.07) is 4.41. The molecule has 0 bridgehead atoms. The van der Waals surface area contributed by atoms with E-state index in [0.29, 0.717) is 34.6 Å². The molecule has 3 N–H and O–H groups in total. The number of aryl methyl sites for hydroxylation is 1. The Balaban J connectivity index is 1.65. The number of rotatable bonds is 10. The summed E-state index contributed by atoms with van der Waals surface area (Å²) in [6.45, 7) is 6.33. The lowest BCUT2D eigenvalue weighted by atomic mass is 9.74. The summed E-state index contributed by atoms with van der Waals surface area (Å²) in [6.07, 6.45) is 2.66. The fraction of sp³-hybridized carbons (Fsp3) is 0.593. The lowest BCUT2D eigenvalue weighted by Crippen LogP contribution is -2.59. The maximum Gasteiger partial charge on any atom is 0.412 e. The Morgan fingerprint density at radius 1 is 1.28 bits per heavy atom. The van der Waals surface area contributed by atoms with Gasteiger partial charge in [0.15, 0.2) is 16.8 Å². The first-order chi connectivity index (χ1) is 20.2. The zero-order valence-electron chi connectivity index (χ0n) is 24.8. The Labute approximate surface area is 262 Å². The maximum atomic E-state index is 14.8. The zero-order chi connectivity index (χ0) is 31.7. The minimum atomic E-state index is -3.19. The highest BCUT2D eigenvalue weighted by atomic mass is 35.5. The van der Waals surface area contributed by atoms with Crippen LogP contribution in [0.5, 0.6) is 0 Å². The number of nitrogens with one attached hydrogen (secondary N) is 3. The van der Waals surface area contributed by atoms with E-state index in [9.17, 15) is 24.1 Å². The Hall–Kier alpha value is -2.95. The van der Waals surface area contributed by atoms with E-state index < -0.39 is 36.2 Å². The largest absolute Gasteiger partial charge is 0.444 e. The lowest BCUT2D eigenvalue weighted by Gasteiger charge is -2.49. The van der Waals surface area contributed by atoms with Gasteiger partial charge >= 0.3 is 6.09 Å². The summed E-state index contributed by atoms with van der Waals surface area (Å²) >= 11 is 8.99. The Morgan fingerprint density at radius 2 is 1.95 bits per heavy atom. The van der Waals surface area contributed by atoms with E-state index in [1.54, 1.807) is 34.0 Å². The molecule has 0 radical (unpaired) electrons. The van der Waals surface area contributed by atoms with Gasteiger partial charge in [-0.05, 0) is 59.4 Å². The van der Waals surface area contributed by atoms with E-state index in [4.69, 9.17) is 16.3 Å². The van der Waals surface area contributed by atoms with Gasteiger partial charge < -0.3 is 14.5 Å². The van der Waals surface area contributed by atoms with Crippen LogP contribution in [0.25, 0.3) is 0 Å². The lowest BCUT2D eigenvalue weighted by molar-refractivity contribution is 0.00680. The number of ether oxygens (including phenoxy) is 1. The molecular formula is C27H34ClF2N9O2S2. The van der Waals surface area contributed by atoms with Crippen molar-refractivity contribution < 1.29 is 18.3 Å². The molecule has 0 saturated carbocycles. The smallest absolute Gasteiger partial charge is 0.412 e. The van der Waals surface area contributed by atoms with Crippen molar-refractivity contribution in [3.05, 3.63) is 21.6 Å². The first-order valence-corrected chi connectivity index (χ1v) is 16.0. The van der Waals surface area contributed by atoms with Crippen molar-refractivity contribution in [2.75, 3.05) is 54.6 Å². The number of nitrogens with zero attached hydrogens (tertiary/aromatic N) is 6. The number of carbonyl (C=O) groups excluding carboxylic acids is 1. The third-order valence-electron chi connectivity index (χ3n) is 7.13. The molecule has 2 aromatic rings. The van der Waals surface area contributed by atoms with Gasteiger partial charge in [0.2, 0.25) is 0 Å². The number of aromatic nitrogens is 2. The molecule has 16 heteroatoms. The molecule has 43 heavy (non-hydrogen) atoms. The molecule has 1 aliphatic heterocycles. The van der Waals surface area contributed by atoms with Crippen LogP contribution in [0.3, 0.4) is 0 Å². The molecule has 2 aliphatic rings. The first-order valence-electron chi connectivity index (χ1n) is 13.5. The standard InChI is InChI=1S/C27H34ClF2N9O2S2/c1-15(28)39(14-27(29,30)11-34-33-5)21-17(10-32)20(35-23(36-21)42-6)38-12-26(13-38)8-7-18-19(26)16(9-31)22(43-18)37-24(40)41-25(2,3)4/h15,33-34H,7-8,11-14H2,1-6H3,(H,37,40). The van der Waals surface area contributed by atoms with E-state index in [2.05, 4.69) is 38.3 Å². The molecule has 1 spiro atoms. The molecule has 2 aromatic heterocycles. The molecule has 1 amide bonds. The van der Waals surface area contributed by atoms with Crippen LogP contribution in [-0.4, -0.2) is 72.6 Å². The number of anilines is 3. The summed E-state index contributed by atoms with van der Waals surface area (Å²) in [5.41, 5.74) is 4.30. The number of hydrogen-bond donors (Lipinski definition) is 3. The number of carbonyl (C=O) groups is 1. The van der Waals surface area contributed by atoms with Crippen LogP contribution in [-0.2, 0) is 16.6 Å². The fourth-order valence-corrected chi connectivity index (χ4v) is 7.14. The van der Waals surface area contributed by atoms with Crippen LogP contribution in [0, 0.1) is 22.7 Å². The Kier molecular flexibility index (Phi) is 9.64. The first kappa shape index (κ1) is 33.0. The van der Waals surface area contributed by atoms with Crippen LogP contribution in [0.1, 0.15) is 55.7 Å². The van der Waals surface area contributed by atoms with Gasteiger partial charge in [0, 0.05) is 23.4 Å². The van der Waals surface area contributed by atoms with Crippen molar-refractivity contribution in [1.82, 2.24) is 20.8 Å². The number of hydrazine groups is 1. The van der Waals surface area contributed by atoms with Gasteiger partial charge in [0.1, 0.15) is 33.8 Å². The quantitative estimate of drug-likeness (QED) is 0.107. The van der Waals surface area contributed by atoms with Crippen molar-refractivity contribution in [2.24, 2.45) is 0 Å². The average molecular weight is 654 g/mol. The van der Waals surface area contributed by atoms with E-state index in [0.717, 1.165) is 23.3 Å². The van der Waals surface area contributed by atoms with Crippen LogP contribution in [0.2, 0.25) is 0 Å². The van der Waals surface area contributed by atoms with Gasteiger partial charge in [0.05, 0.1) is 18.7 Å². The number of amides is 1. The summed E-state index contributed by atoms with van der Waals surface area (Å²) in [5, 5.41) is 23.8. The number of alkyl halides is 3. The average Bonchev–Trinajstić information content (AvgIpc) is 3.44. The topological polar surface area (TPSA) is 142 Å². The SMILES string of the molecule is CNNCC(F)(F)CN(c1nc(SC)nc(N2CC3(CCc4sc(NC(=O)OC(C)(C)C)c(C#N)c43)C2)c1C#N)C(C)Cl. The predicted molar refractivity (Wildman–Crippen MR) is 164 cm³/mol. The zero-order valence-corrected chi connectivity index (χ0v) is 27.2. The molecule has 1 saturated heterocycles. The monoisotopic (exact) mass is 653 g/mol. The number of thiophene rings is 1. The molecule has 1 aliphatic carbocycles. The van der Waals surface area contributed by atoms with Gasteiger partial charge in [-0.1, -0.05) is 23.4 Å². The number of hydrogen-bond acceptors (Lipinski definition) is 12. The van der Waals surface area contributed by atoms with Crippen molar-refractivity contribution in [2.45, 2.75) is 68.1 Å². The summed E-state index contributed by atoms with van der Waals surface area (Å²) < 4.78 is 35.0. The summed E-state index contributed by atoms with van der Waals surface area (Å²) in [7, 11) is 1.49.